The fourth-order valence-corrected chi connectivity index (χ4v) is 1.65. The summed E-state index contributed by atoms with van der Waals surface area (Å²) in [5, 5.41) is 12.0. The summed E-state index contributed by atoms with van der Waals surface area (Å²) < 4.78 is 0. The number of amides is 1. The van der Waals surface area contributed by atoms with Crippen LogP contribution in [-0.2, 0) is 0 Å². The van der Waals surface area contributed by atoms with Crippen molar-refractivity contribution in [3.63, 3.8) is 0 Å². The van der Waals surface area contributed by atoms with Crippen LogP contribution in [0.1, 0.15) is 19.8 Å². The van der Waals surface area contributed by atoms with Gasteiger partial charge in [-0.05, 0) is 26.3 Å². The van der Waals surface area contributed by atoms with Gasteiger partial charge in [0.1, 0.15) is 0 Å². The number of nitrogens with one attached hydrogen (secondary N) is 1. The molecule has 1 unspecified atom stereocenters. The van der Waals surface area contributed by atoms with Crippen LogP contribution in [0.3, 0.4) is 0 Å². The molecule has 0 aromatic carbocycles. The maximum absolute atomic E-state index is 10.7. The van der Waals surface area contributed by atoms with Gasteiger partial charge < -0.3 is 15.3 Å². The van der Waals surface area contributed by atoms with Gasteiger partial charge >= 0.3 is 6.09 Å². The Morgan fingerprint density at radius 2 is 2.50 bits per heavy atom. The van der Waals surface area contributed by atoms with Gasteiger partial charge in [-0.3, -0.25) is 0 Å². The minimum absolute atomic E-state index is 0.182. The van der Waals surface area contributed by atoms with E-state index in [1.807, 2.05) is 6.92 Å². The highest BCUT2D eigenvalue weighted by Gasteiger charge is 2.22. The van der Waals surface area contributed by atoms with Crippen LogP contribution in [0.5, 0.6) is 0 Å². The molecular weight excluding hydrogens is 156 g/mol. The summed E-state index contributed by atoms with van der Waals surface area (Å²) in [6, 6.07) is 0.182. The molecule has 0 bridgehead atoms. The summed E-state index contributed by atoms with van der Waals surface area (Å²) in [4.78, 5) is 12.2. The van der Waals surface area contributed by atoms with Crippen molar-refractivity contribution in [3.8, 4) is 0 Å². The molecule has 1 rings (SSSR count). The van der Waals surface area contributed by atoms with Crippen molar-refractivity contribution in [2.24, 2.45) is 0 Å². The monoisotopic (exact) mass is 172 g/mol. The molecule has 1 heterocycles. The summed E-state index contributed by atoms with van der Waals surface area (Å²) in [7, 11) is 0. The molecule has 1 fully saturated rings. The van der Waals surface area contributed by atoms with Crippen molar-refractivity contribution >= 4 is 6.09 Å². The predicted octanol–water partition coefficient (Wildman–Crippen LogP) is 0.738. The maximum Gasteiger partial charge on any atom is 0.407 e. The van der Waals surface area contributed by atoms with Crippen molar-refractivity contribution in [1.29, 1.82) is 0 Å². The third kappa shape index (κ3) is 2.11. The minimum atomic E-state index is -0.800. The van der Waals surface area contributed by atoms with Crippen LogP contribution in [0.4, 0.5) is 4.79 Å². The first-order chi connectivity index (χ1) is 5.75. The maximum atomic E-state index is 10.7. The third-order valence-electron chi connectivity index (χ3n) is 2.30. The Balaban J connectivity index is 2.46. The highest BCUT2D eigenvalue weighted by atomic mass is 16.4. The Bertz CT molecular complexity index is 155. The molecule has 1 atom stereocenters. The van der Waals surface area contributed by atoms with E-state index in [4.69, 9.17) is 5.11 Å². The van der Waals surface area contributed by atoms with E-state index in [9.17, 15) is 4.79 Å². The van der Waals surface area contributed by atoms with Crippen LogP contribution in [-0.4, -0.2) is 41.8 Å². The van der Waals surface area contributed by atoms with E-state index in [2.05, 4.69) is 5.32 Å². The molecule has 0 spiro atoms. The highest BCUT2D eigenvalue weighted by Crippen LogP contribution is 2.09. The van der Waals surface area contributed by atoms with E-state index >= 15 is 0 Å². The lowest BCUT2D eigenvalue weighted by atomic mass is 10.1. The first kappa shape index (κ1) is 9.32. The van der Waals surface area contributed by atoms with Gasteiger partial charge in [-0.25, -0.2) is 4.79 Å². The zero-order valence-corrected chi connectivity index (χ0v) is 7.42. The van der Waals surface area contributed by atoms with E-state index in [1.165, 1.54) is 4.90 Å². The first-order valence-electron chi connectivity index (χ1n) is 4.46. The summed E-state index contributed by atoms with van der Waals surface area (Å²) in [5.74, 6) is 0. The van der Waals surface area contributed by atoms with E-state index in [-0.39, 0.29) is 6.04 Å². The van der Waals surface area contributed by atoms with Crippen molar-refractivity contribution in [3.05, 3.63) is 0 Å². The number of hydrogen-bond donors (Lipinski definition) is 2. The normalized spacial score (nSPS) is 23.6. The summed E-state index contributed by atoms with van der Waals surface area (Å²) in [6.45, 7) is 4.29. The Hall–Kier alpha value is -0.770. The molecule has 0 aliphatic carbocycles. The van der Waals surface area contributed by atoms with Crippen molar-refractivity contribution in [2.75, 3.05) is 19.6 Å². The third-order valence-corrected chi connectivity index (χ3v) is 2.30. The van der Waals surface area contributed by atoms with Crippen molar-refractivity contribution < 1.29 is 9.90 Å². The van der Waals surface area contributed by atoms with Gasteiger partial charge in [-0.2, -0.15) is 0 Å². The van der Waals surface area contributed by atoms with E-state index in [0.29, 0.717) is 6.54 Å². The molecular formula is C8H16N2O2. The molecule has 4 nitrogen and oxygen atoms in total. The molecule has 1 aliphatic rings. The number of nitrogens with zero attached hydrogens (tertiary/aromatic N) is 1. The van der Waals surface area contributed by atoms with Crippen LogP contribution >= 0.6 is 0 Å². The van der Waals surface area contributed by atoms with Crippen molar-refractivity contribution in [2.45, 2.75) is 25.8 Å². The first-order valence-corrected chi connectivity index (χ1v) is 4.46. The van der Waals surface area contributed by atoms with Gasteiger partial charge in [0.25, 0.3) is 0 Å². The van der Waals surface area contributed by atoms with Gasteiger partial charge in [-0.15, -0.1) is 0 Å². The molecule has 12 heavy (non-hydrogen) atoms. The molecule has 0 aromatic rings. The second-order valence-electron chi connectivity index (χ2n) is 3.07. The zero-order chi connectivity index (χ0) is 8.97. The van der Waals surface area contributed by atoms with Gasteiger partial charge in [0.2, 0.25) is 0 Å². The van der Waals surface area contributed by atoms with Gasteiger partial charge in [0.05, 0.1) is 0 Å². The Labute approximate surface area is 72.6 Å². The Kier molecular flexibility index (Phi) is 3.34. The average molecular weight is 172 g/mol. The number of likely N-dealkylation sites (N-methyl/N-ethyl adjacent to an activating group) is 1. The molecule has 1 saturated heterocycles. The second-order valence-corrected chi connectivity index (χ2v) is 3.07. The van der Waals surface area contributed by atoms with Crippen LogP contribution < -0.4 is 5.32 Å². The average Bonchev–Trinajstić information content (AvgIpc) is 2.07. The predicted molar refractivity (Wildman–Crippen MR) is 46.3 cm³/mol. The second kappa shape index (κ2) is 4.30. The topological polar surface area (TPSA) is 52.6 Å². The largest absolute Gasteiger partial charge is 0.465 e. The van der Waals surface area contributed by atoms with E-state index in [0.717, 1.165) is 25.9 Å². The van der Waals surface area contributed by atoms with Crippen molar-refractivity contribution in [1.82, 2.24) is 10.2 Å². The van der Waals surface area contributed by atoms with Crippen LogP contribution in [0.2, 0.25) is 0 Å². The summed E-state index contributed by atoms with van der Waals surface area (Å²) in [6.07, 6.45) is 1.27. The fraction of sp³-hybridized carbons (Fsp3) is 0.875. The van der Waals surface area contributed by atoms with Gasteiger partial charge in [0.15, 0.2) is 0 Å². The van der Waals surface area contributed by atoms with Crippen LogP contribution in [0.15, 0.2) is 0 Å². The number of carbonyl (C=O) groups is 1. The molecule has 0 saturated carbocycles. The van der Waals surface area contributed by atoms with Gasteiger partial charge in [0, 0.05) is 19.1 Å². The van der Waals surface area contributed by atoms with E-state index in [1.54, 1.807) is 0 Å². The summed E-state index contributed by atoms with van der Waals surface area (Å²) >= 11 is 0. The molecule has 1 aliphatic heterocycles. The van der Waals surface area contributed by atoms with Gasteiger partial charge in [-0.1, -0.05) is 0 Å². The number of piperidine rings is 1. The quantitative estimate of drug-likeness (QED) is 0.646. The SMILES string of the molecule is CCN(C(=O)O)C1CCCNC1. The fourth-order valence-electron chi connectivity index (χ4n) is 1.65. The lowest BCUT2D eigenvalue weighted by Crippen LogP contribution is -2.48. The number of rotatable bonds is 2. The Morgan fingerprint density at radius 3 is 2.92 bits per heavy atom. The smallest absolute Gasteiger partial charge is 0.407 e. The zero-order valence-electron chi connectivity index (χ0n) is 7.42. The molecule has 0 radical (unpaired) electrons. The number of carboxylic acid groups (broad SMARTS) is 1. The van der Waals surface area contributed by atoms with E-state index < -0.39 is 6.09 Å². The number of hydrogen-bond acceptors (Lipinski definition) is 2. The molecule has 0 aromatic heterocycles. The molecule has 2 N–H and O–H groups in total. The highest BCUT2D eigenvalue weighted by molar-refractivity contribution is 5.65. The standard InChI is InChI=1S/C8H16N2O2/c1-2-10(8(11)12)7-4-3-5-9-6-7/h7,9H,2-6H2,1H3,(H,11,12). The summed E-state index contributed by atoms with van der Waals surface area (Å²) in [5.41, 5.74) is 0. The molecule has 4 heteroatoms. The van der Waals surface area contributed by atoms with Crippen LogP contribution in [0, 0.1) is 0 Å². The minimum Gasteiger partial charge on any atom is -0.465 e. The van der Waals surface area contributed by atoms with Crippen LogP contribution in [0.25, 0.3) is 0 Å². The lowest BCUT2D eigenvalue weighted by Gasteiger charge is -2.31. The Morgan fingerprint density at radius 1 is 1.75 bits per heavy atom. The molecule has 1 amide bonds. The lowest BCUT2D eigenvalue weighted by molar-refractivity contribution is 0.118. The molecule has 70 valence electrons.